The molecule has 1 aromatic rings. The number of carbonyl (C=O) groups is 2. The maximum atomic E-state index is 13.0. The minimum Gasteiger partial charge on any atom is -0.493 e. The molecule has 29 heavy (non-hydrogen) atoms. The van der Waals surface area contributed by atoms with Crippen molar-refractivity contribution in [2.75, 3.05) is 54.2 Å². The molecule has 1 fully saturated rings. The minimum atomic E-state index is -3.93. The molecule has 1 atom stereocenters. The number of methoxy groups -OCH3 is 3. The van der Waals surface area contributed by atoms with Crippen molar-refractivity contribution in [1.82, 2.24) is 14.9 Å². The van der Waals surface area contributed by atoms with Gasteiger partial charge in [0.1, 0.15) is 6.23 Å². The molecule has 1 aliphatic rings. The first-order chi connectivity index (χ1) is 13.8. The van der Waals surface area contributed by atoms with Crippen LogP contribution in [0.3, 0.4) is 0 Å². The van der Waals surface area contributed by atoms with Crippen LogP contribution in [-0.2, 0) is 29.1 Å². The van der Waals surface area contributed by atoms with Crippen molar-refractivity contribution in [2.45, 2.75) is 11.1 Å². The molecule has 1 heterocycles. The predicted molar refractivity (Wildman–Crippen MR) is 101 cm³/mol. The number of nitrogens with one attached hydrogen (secondary N) is 2. The summed E-state index contributed by atoms with van der Waals surface area (Å²) < 4.78 is 47.6. The smallest absolute Gasteiger partial charge is 0.309 e. The van der Waals surface area contributed by atoms with E-state index >= 15 is 0 Å². The molecule has 1 saturated heterocycles. The van der Waals surface area contributed by atoms with Crippen LogP contribution in [0.25, 0.3) is 0 Å². The summed E-state index contributed by atoms with van der Waals surface area (Å²) in [5, 5.41) is 4.75. The second-order valence-corrected chi connectivity index (χ2v) is 7.81. The molecule has 1 unspecified atom stereocenters. The zero-order valence-electron chi connectivity index (χ0n) is 16.5. The lowest BCUT2D eigenvalue weighted by Crippen LogP contribution is -2.47. The van der Waals surface area contributed by atoms with Crippen LogP contribution in [0.1, 0.15) is 0 Å². The third-order valence-corrected chi connectivity index (χ3v) is 6.02. The van der Waals surface area contributed by atoms with E-state index in [9.17, 15) is 18.0 Å². The van der Waals surface area contributed by atoms with E-state index < -0.39 is 28.1 Å². The lowest BCUT2D eigenvalue weighted by Gasteiger charge is -2.23. The van der Waals surface area contributed by atoms with Gasteiger partial charge in [-0.25, -0.2) is 8.42 Å². The van der Waals surface area contributed by atoms with Gasteiger partial charge < -0.3 is 29.6 Å². The van der Waals surface area contributed by atoms with Gasteiger partial charge in [-0.05, 0) is 12.1 Å². The molecule has 162 valence electrons. The zero-order chi connectivity index (χ0) is 21.4. The van der Waals surface area contributed by atoms with Crippen LogP contribution in [0.2, 0.25) is 0 Å². The van der Waals surface area contributed by atoms with Crippen molar-refractivity contribution in [1.29, 1.82) is 0 Å². The average molecular weight is 431 g/mol. The summed E-state index contributed by atoms with van der Waals surface area (Å²) in [6.07, 6.45) is -0.941. The number of sulfonamides is 1. The fourth-order valence-electron chi connectivity index (χ4n) is 2.66. The van der Waals surface area contributed by atoms with Crippen molar-refractivity contribution in [3.05, 3.63) is 18.2 Å². The number of hydrogen-bond acceptors (Lipinski definition) is 8. The van der Waals surface area contributed by atoms with Gasteiger partial charge in [0, 0.05) is 26.3 Å². The number of benzene rings is 1. The number of carbonyl (C=O) groups excluding carboxylic acids is 2. The van der Waals surface area contributed by atoms with E-state index in [-0.39, 0.29) is 43.5 Å². The number of hydrogen-bond donors (Lipinski definition) is 2. The molecule has 1 aliphatic heterocycles. The van der Waals surface area contributed by atoms with Crippen LogP contribution in [0.5, 0.6) is 11.5 Å². The molecule has 12 heteroatoms. The Kier molecular flexibility index (Phi) is 8.20. The summed E-state index contributed by atoms with van der Waals surface area (Å²) in [7, 11) is 0.397. The third kappa shape index (κ3) is 5.56. The zero-order valence-corrected chi connectivity index (χ0v) is 17.3. The van der Waals surface area contributed by atoms with Gasteiger partial charge in [-0.1, -0.05) is 0 Å². The van der Waals surface area contributed by atoms with Gasteiger partial charge >= 0.3 is 11.8 Å². The molecule has 0 aliphatic carbocycles. The SMILES string of the molecule is COCCNC(=O)C(=O)NCC1OCCN1S(=O)(=O)c1ccc(OC)c(OC)c1. The van der Waals surface area contributed by atoms with Gasteiger partial charge in [0.25, 0.3) is 0 Å². The van der Waals surface area contributed by atoms with Crippen LogP contribution in [-0.4, -0.2) is 84.9 Å². The number of rotatable bonds is 9. The van der Waals surface area contributed by atoms with Gasteiger partial charge in [-0.3, -0.25) is 9.59 Å². The Balaban J connectivity index is 2.06. The van der Waals surface area contributed by atoms with E-state index in [0.717, 1.165) is 4.31 Å². The molecule has 11 nitrogen and oxygen atoms in total. The Bertz CT molecular complexity index is 830. The molecule has 0 spiro atoms. The largest absolute Gasteiger partial charge is 0.493 e. The first-order valence-electron chi connectivity index (χ1n) is 8.75. The van der Waals surface area contributed by atoms with Crippen LogP contribution < -0.4 is 20.1 Å². The molecule has 0 saturated carbocycles. The van der Waals surface area contributed by atoms with Gasteiger partial charge in [0.2, 0.25) is 10.0 Å². The second kappa shape index (κ2) is 10.4. The Labute approximate surface area is 169 Å². The van der Waals surface area contributed by atoms with Crippen LogP contribution in [0, 0.1) is 0 Å². The maximum absolute atomic E-state index is 13.0. The van der Waals surface area contributed by atoms with E-state index in [4.69, 9.17) is 18.9 Å². The van der Waals surface area contributed by atoms with Gasteiger partial charge in [-0.15, -0.1) is 0 Å². The first kappa shape index (κ1) is 22.9. The number of ether oxygens (including phenoxy) is 4. The molecule has 0 aromatic heterocycles. The van der Waals surface area contributed by atoms with Gasteiger partial charge in [0.05, 0.1) is 38.9 Å². The third-order valence-electron chi connectivity index (χ3n) is 4.14. The summed E-state index contributed by atoms with van der Waals surface area (Å²) in [4.78, 5) is 23.5. The van der Waals surface area contributed by atoms with E-state index in [1.807, 2.05) is 0 Å². The van der Waals surface area contributed by atoms with E-state index in [1.165, 1.54) is 39.5 Å². The summed E-state index contributed by atoms with van der Waals surface area (Å²) >= 11 is 0. The maximum Gasteiger partial charge on any atom is 0.309 e. The summed E-state index contributed by atoms with van der Waals surface area (Å²) in [6, 6.07) is 4.24. The van der Waals surface area contributed by atoms with E-state index in [0.29, 0.717) is 5.75 Å². The van der Waals surface area contributed by atoms with Gasteiger partial charge in [0.15, 0.2) is 11.5 Å². The lowest BCUT2D eigenvalue weighted by atomic mass is 10.3. The normalized spacial score (nSPS) is 17.0. The molecule has 0 radical (unpaired) electrons. The second-order valence-electron chi connectivity index (χ2n) is 5.92. The topological polar surface area (TPSA) is 132 Å². The quantitative estimate of drug-likeness (QED) is 0.373. The van der Waals surface area contributed by atoms with Crippen molar-refractivity contribution in [3.8, 4) is 11.5 Å². The fourth-order valence-corrected chi connectivity index (χ4v) is 4.19. The molecule has 2 N–H and O–H groups in total. The Morgan fingerprint density at radius 3 is 2.48 bits per heavy atom. The summed E-state index contributed by atoms with van der Waals surface area (Å²) in [5.74, 6) is -1.06. The van der Waals surface area contributed by atoms with E-state index in [1.54, 1.807) is 0 Å². The Morgan fingerprint density at radius 1 is 1.14 bits per heavy atom. The van der Waals surface area contributed by atoms with Gasteiger partial charge in [-0.2, -0.15) is 4.31 Å². The fraction of sp³-hybridized carbons (Fsp3) is 0.529. The highest BCUT2D eigenvalue weighted by Gasteiger charge is 2.37. The molecular weight excluding hydrogens is 406 g/mol. The number of nitrogens with zero attached hydrogens (tertiary/aromatic N) is 1. The molecule has 2 rings (SSSR count). The summed E-state index contributed by atoms with van der Waals surface area (Å²) in [5.41, 5.74) is 0. The Hall–Kier alpha value is -2.41. The van der Waals surface area contributed by atoms with Crippen LogP contribution in [0.4, 0.5) is 0 Å². The molecule has 0 bridgehead atoms. The van der Waals surface area contributed by atoms with Crippen LogP contribution in [0.15, 0.2) is 23.1 Å². The number of amides is 2. The molecular formula is C17H25N3O8S. The van der Waals surface area contributed by atoms with E-state index in [2.05, 4.69) is 10.6 Å². The molecule has 2 amide bonds. The molecule has 1 aromatic carbocycles. The monoisotopic (exact) mass is 431 g/mol. The minimum absolute atomic E-state index is 0.00529. The lowest BCUT2D eigenvalue weighted by molar-refractivity contribution is -0.139. The highest BCUT2D eigenvalue weighted by molar-refractivity contribution is 7.89. The summed E-state index contributed by atoms with van der Waals surface area (Å²) in [6.45, 7) is 0.540. The van der Waals surface area contributed by atoms with Crippen molar-refractivity contribution >= 4 is 21.8 Å². The predicted octanol–water partition coefficient (Wildman–Crippen LogP) is -1.07. The van der Waals surface area contributed by atoms with Crippen molar-refractivity contribution < 1.29 is 37.0 Å². The average Bonchev–Trinajstić information content (AvgIpc) is 3.21. The van der Waals surface area contributed by atoms with Crippen LogP contribution >= 0.6 is 0 Å². The first-order valence-corrected chi connectivity index (χ1v) is 10.2. The highest BCUT2D eigenvalue weighted by Crippen LogP contribution is 2.31. The standard InChI is InChI=1S/C17H25N3O8S/c1-25-8-6-18-16(21)17(22)19-11-15-20(7-9-28-15)29(23,24)12-4-5-13(26-2)14(10-12)27-3/h4-5,10,15H,6-9,11H2,1-3H3,(H,18,21)(H,19,22). The Morgan fingerprint density at radius 2 is 1.83 bits per heavy atom. The van der Waals surface area contributed by atoms with Crippen molar-refractivity contribution in [3.63, 3.8) is 0 Å². The van der Waals surface area contributed by atoms with Crippen molar-refractivity contribution in [2.24, 2.45) is 0 Å². The highest BCUT2D eigenvalue weighted by atomic mass is 32.2.